The normalized spacial score (nSPS) is 11.7. The van der Waals surface area contributed by atoms with Gasteiger partial charge in [-0.3, -0.25) is 0 Å². The van der Waals surface area contributed by atoms with Gasteiger partial charge in [0.05, 0.1) is 6.61 Å². The summed E-state index contributed by atoms with van der Waals surface area (Å²) in [7, 11) is -1.28. The third kappa shape index (κ3) is 13.9. The molecule has 0 aliphatic rings. The van der Waals surface area contributed by atoms with Gasteiger partial charge in [-0.05, 0) is 32.5 Å². The molecule has 2 nitrogen and oxygen atoms in total. The molecular formula is C12H26O2Si. The van der Waals surface area contributed by atoms with Crippen molar-refractivity contribution in [2.75, 3.05) is 19.8 Å². The Morgan fingerprint density at radius 3 is 2.13 bits per heavy atom. The molecule has 0 aliphatic carbocycles. The van der Waals surface area contributed by atoms with E-state index >= 15 is 0 Å². The SMILES string of the molecule is C=CCOCCCCCCO[Si](C)(C)C. The van der Waals surface area contributed by atoms with Gasteiger partial charge in [0.15, 0.2) is 8.32 Å². The van der Waals surface area contributed by atoms with Crippen molar-refractivity contribution < 1.29 is 9.16 Å². The first-order valence-corrected chi connectivity index (χ1v) is 9.29. The van der Waals surface area contributed by atoms with E-state index in [1.54, 1.807) is 6.08 Å². The Morgan fingerprint density at radius 2 is 1.60 bits per heavy atom. The maximum atomic E-state index is 5.77. The Bertz CT molecular complexity index is 152. The zero-order valence-corrected chi connectivity index (χ0v) is 11.6. The average Bonchev–Trinajstić information content (AvgIpc) is 2.14. The third-order valence-corrected chi connectivity index (χ3v) is 3.02. The van der Waals surface area contributed by atoms with Crippen LogP contribution in [-0.4, -0.2) is 28.1 Å². The van der Waals surface area contributed by atoms with Crippen LogP contribution in [0, 0.1) is 0 Å². The number of hydrogen-bond acceptors (Lipinski definition) is 2. The van der Waals surface area contributed by atoms with E-state index in [1.165, 1.54) is 19.3 Å². The second-order valence-corrected chi connectivity index (χ2v) is 9.25. The van der Waals surface area contributed by atoms with Crippen LogP contribution in [0.4, 0.5) is 0 Å². The molecule has 3 heteroatoms. The molecule has 0 bridgehead atoms. The highest BCUT2D eigenvalue weighted by Crippen LogP contribution is 2.06. The van der Waals surface area contributed by atoms with Gasteiger partial charge in [0.1, 0.15) is 0 Å². The number of unbranched alkanes of at least 4 members (excludes halogenated alkanes) is 3. The summed E-state index contributed by atoms with van der Waals surface area (Å²) in [6.07, 6.45) is 6.63. The lowest BCUT2D eigenvalue weighted by atomic mass is 10.2. The first-order valence-electron chi connectivity index (χ1n) is 5.89. The summed E-state index contributed by atoms with van der Waals surface area (Å²) in [5.41, 5.74) is 0. The van der Waals surface area contributed by atoms with Gasteiger partial charge in [0.25, 0.3) is 0 Å². The first kappa shape index (κ1) is 14.9. The predicted octanol–water partition coefficient (Wildman–Crippen LogP) is 3.60. The molecule has 0 saturated carbocycles. The molecule has 0 aromatic rings. The molecule has 0 atom stereocenters. The molecule has 0 aromatic heterocycles. The summed E-state index contributed by atoms with van der Waals surface area (Å²) < 4.78 is 11.1. The zero-order chi connectivity index (χ0) is 11.6. The molecular weight excluding hydrogens is 204 g/mol. The van der Waals surface area contributed by atoms with Gasteiger partial charge in [-0.1, -0.05) is 18.9 Å². The van der Waals surface area contributed by atoms with Gasteiger partial charge in [-0.2, -0.15) is 0 Å². The van der Waals surface area contributed by atoms with E-state index in [9.17, 15) is 0 Å². The highest BCUT2D eigenvalue weighted by atomic mass is 28.4. The Labute approximate surface area is 95.8 Å². The smallest absolute Gasteiger partial charge is 0.183 e. The standard InChI is InChI=1S/C12H26O2Si/c1-5-10-13-11-8-6-7-9-12-14-15(2,3)4/h5H,1,6-12H2,2-4H3. The monoisotopic (exact) mass is 230 g/mol. The maximum absolute atomic E-state index is 5.77. The van der Waals surface area contributed by atoms with Crippen molar-refractivity contribution in [3.63, 3.8) is 0 Å². The molecule has 0 fully saturated rings. The van der Waals surface area contributed by atoms with E-state index in [0.29, 0.717) is 6.61 Å². The molecule has 90 valence electrons. The second-order valence-electron chi connectivity index (χ2n) is 4.74. The fourth-order valence-electron chi connectivity index (χ4n) is 1.20. The lowest BCUT2D eigenvalue weighted by Gasteiger charge is -2.16. The van der Waals surface area contributed by atoms with Crippen molar-refractivity contribution in [2.45, 2.75) is 45.3 Å². The van der Waals surface area contributed by atoms with Gasteiger partial charge in [0.2, 0.25) is 0 Å². The minimum absolute atomic E-state index is 0.679. The van der Waals surface area contributed by atoms with Crippen molar-refractivity contribution in [2.24, 2.45) is 0 Å². The van der Waals surface area contributed by atoms with E-state index in [0.717, 1.165) is 19.6 Å². The third-order valence-electron chi connectivity index (χ3n) is 1.95. The van der Waals surface area contributed by atoms with Crippen LogP contribution in [-0.2, 0) is 9.16 Å². The van der Waals surface area contributed by atoms with E-state index in [-0.39, 0.29) is 0 Å². The van der Waals surface area contributed by atoms with E-state index in [4.69, 9.17) is 9.16 Å². The first-order chi connectivity index (χ1) is 7.06. The zero-order valence-electron chi connectivity index (χ0n) is 10.6. The Morgan fingerprint density at radius 1 is 1.00 bits per heavy atom. The van der Waals surface area contributed by atoms with Crippen LogP contribution < -0.4 is 0 Å². The van der Waals surface area contributed by atoms with Crippen molar-refractivity contribution in [1.82, 2.24) is 0 Å². The van der Waals surface area contributed by atoms with Gasteiger partial charge in [-0.15, -0.1) is 6.58 Å². The molecule has 15 heavy (non-hydrogen) atoms. The van der Waals surface area contributed by atoms with Crippen LogP contribution in [0.5, 0.6) is 0 Å². The quantitative estimate of drug-likeness (QED) is 0.324. The average molecular weight is 230 g/mol. The highest BCUT2D eigenvalue weighted by molar-refractivity contribution is 6.69. The Balaban J connectivity index is 3.02. The molecule has 0 heterocycles. The van der Waals surface area contributed by atoms with Crippen LogP contribution in [0.3, 0.4) is 0 Å². The molecule has 0 spiro atoms. The summed E-state index contributed by atoms with van der Waals surface area (Å²) >= 11 is 0. The lowest BCUT2D eigenvalue weighted by molar-refractivity contribution is 0.156. The van der Waals surface area contributed by atoms with Gasteiger partial charge >= 0.3 is 0 Å². The molecule has 0 radical (unpaired) electrons. The van der Waals surface area contributed by atoms with Crippen molar-refractivity contribution in [3.05, 3.63) is 12.7 Å². The molecule has 0 N–H and O–H groups in total. The number of ether oxygens (including phenoxy) is 1. The maximum Gasteiger partial charge on any atom is 0.183 e. The lowest BCUT2D eigenvalue weighted by Crippen LogP contribution is -2.25. The minimum atomic E-state index is -1.28. The van der Waals surface area contributed by atoms with Gasteiger partial charge < -0.3 is 9.16 Å². The van der Waals surface area contributed by atoms with Crippen LogP contribution in [0.25, 0.3) is 0 Å². The molecule has 0 rings (SSSR count). The van der Waals surface area contributed by atoms with Crippen LogP contribution >= 0.6 is 0 Å². The van der Waals surface area contributed by atoms with Crippen molar-refractivity contribution >= 4 is 8.32 Å². The molecule has 0 saturated heterocycles. The summed E-state index contributed by atoms with van der Waals surface area (Å²) in [4.78, 5) is 0. The largest absolute Gasteiger partial charge is 0.418 e. The van der Waals surface area contributed by atoms with Crippen molar-refractivity contribution in [1.29, 1.82) is 0 Å². The van der Waals surface area contributed by atoms with E-state index in [2.05, 4.69) is 26.2 Å². The topological polar surface area (TPSA) is 18.5 Å². The summed E-state index contributed by atoms with van der Waals surface area (Å²) in [6, 6.07) is 0. The fraction of sp³-hybridized carbons (Fsp3) is 0.833. The molecule has 0 amide bonds. The number of rotatable bonds is 10. The molecule has 0 aliphatic heterocycles. The number of hydrogen-bond donors (Lipinski definition) is 0. The fourth-order valence-corrected chi connectivity index (χ4v) is 1.96. The van der Waals surface area contributed by atoms with E-state index in [1.807, 2.05) is 0 Å². The highest BCUT2D eigenvalue weighted by Gasteiger charge is 2.12. The summed E-state index contributed by atoms with van der Waals surface area (Å²) in [5, 5.41) is 0. The molecule has 0 aromatic carbocycles. The summed E-state index contributed by atoms with van der Waals surface area (Å²) in [6.45, 7) is 12.8. The van der Waals surface area contributed by atoms with Crippen LogP contribution in [0.15, 0.2) is 12.7 Å². The van der Waals surface area contributed by atoms with Gasteiger partial charge in [-0.25, -0.2) is 0 Å². The van der Waals surface area contributed by atoms with Crippen molar-refractivity contribution in [3.8, 4) is 0 Å². The predicted molar refractivity (Wildman–Crippen MR) is 68.8 cm³/mol. The van der Waals surface area contributed by atoms with E-state index < -0.39 is 8.32 Å². The Hall–Kier alpha value is -0.123. The summed E-state index contributed by atoms with van der Waals surface area (Å²) in [5.74, 6) is 0. The minimum Gasteiger partial charge on any atom is -0.418 e. The Kier molecular flexibility index (Phi) is 9.05. The van der Waals surface area contributed by atoms with Crippen LogP contribution in [0.1, 0.15) is 25.7 Å². The van der Waals surface area contributed by atoms with Crippen LogP contribution in [0.2, 0.25) is 19.6 Å². The second kappa shape index (κ2) is 9.13. The molecule has 0 unspecified atom stereocenters. The van der Waals surface area contributed by atoms with Gasteiger partial charge in [0, 0.05) is 13.2 Å².